The van der Waals surface area contributed by atoms with Crippen molar-refractivity contribution in [2.45, 2.75) is 98.7 Å². The molecule has 3 aliphatic heterocycles. The number of aliphatic hydroxyl groups excluding tert-OH is 10. The topological polar surface area (TPSA) is 258 Å². The van der Waals surface area contributed by atoms with E-state index in [2.05, 4.69) is 0 Å². The molecule has 16 heteroatoms. The fourth-order valence-electron chi connectivity index (χ4n) is 4.93. The second kappa shape index (κ2) is 14.4. The smallest absolute Gasteiger partial charge is 0.187 e. The van der Waals surface area contributed by atoms with Crippen LogP contribution >= 0.6 is 0 Å². The Morgan fingerprint density at radius 3 is 1.46 bits per heavy atom. The van der Waals surface area contributed by atoms with Crippen LogP contribution in [0.3, 0.4) is 0 Å². The predicted octanol–water partition coefficient (Wildman–Crippen LogP) is -5.35. The molecule has 15 atom stereocenters. The molecule has 16 nitrogen and oxygen atoms in total. The van der Waals surface area contributed by atoms with Crippen molar-refractivity contribution < 1.29 is 79.5 Å². The third-order valence-electron chi connectivity index (χ3n) is 7.33. The van der Waals surface area contributed by atoms with Gasteiger partial charge in [-0.2, -0.15) is 0 Å². The number of aliphatic hydroxyl groups is 10. The third-order valence-corrected chi connectivity index (χ3v) is 7.33. The second-order valence-corrected chi connectivity index (χ2v) is 10.1. The fourth-order valence-corrected chi connectivity index (χ4v) is 4.93. The van der Waals surface area contributed by atoms with E-state index in [-0.39, 0.29) is 6.61 Å². The Morgan fingerprint density at radius 2 is 0.951 bits per heavy atom. The summed E-state index contributed by atoms with van der Waals surface area (Å²) in [6, 6.07) is 8.94. The van der Waals surface area contributed by atoms with Gasteiger partial charge in [-0.25, -0.2) is 0 Å². The van der Waals surface area contributed by atoms with Crippen LogP contribution in [-0.2, 0) is 35.0 Å². The highest BCUT2D eigenvalue weighted by Crippen LogP contribution is 2.32. The van der Waals surface area contributed by atoms with Gasteiger partial charge in [-0.15, -0.1) is 0 Å². The van der Waals surface area contributed by atoms with Crippen LogP contribution in [0, 0.1) is 0 Å². The van der Waals surface area contributed by atoms with Crippen molar-refractivity contribution in [3.05, 3.63) is 35.9 Å². The standard InChI is InChI=1S/C25H38O16/c26-6-11-14(29)15(30)18(33)24(37-11)40-22-13(8-28)39-25(20(35)17(22)32)41-21-12(7-27)38-23(19(34)16(21)31)36-9-10-4-2-1-3-5-10/h1-5,11-35H,6-9H2/t11?,12?,13?,14-,15-,16+,17+,18?,19?,20?,21-,22-,23+,24-,25-/m0/s1. The number of benzene rings is 1. The molecule has 1 aromatic rings. The largest absolute Gasteiger partial charge is 0.394 e. The molecular weight excluding hydrogens is 556 g/mol. The summed E-state index contributed by atoms with van der Waals surface area (Å²) in [7, 11) is 0. The number of ether oxygens (including phenoxy) is 6. The van der Waals surface area contributed by atoms with Crippen molar-refractivity contribution in [1.29, 1.82) is 0 Å². The van der Waals surface area contributed by atoms with Crippen LogP contribution in [0.15, 0.2) is 30.3 Å². The van der Waals surface area contributed by atoms with Crippen LogP contribution in [0.25, 0.3) is 0 Å². The Labute approximate surface area is 234 Å². The van der Waals surface area contributed by atoms with Gasteiger partial charge in [-0.1, -0.05) is 30.3 Å². The molecule has 234 valence electrons. The Kier molecular flexibility index (Phi) is 11.4. The van der Waals surface area contributed by atoms with E-state index in [9.17, 15) is 51.1 Å². The Balaban J connectivity index is 1.41. The third kappa shape index (κ3) is 7.05. The van der Waals surface area contributed by atoms with E-state index in [1.807, 2.05) is 6.07 Å². The highest BCUT2D eigenvalue weighted by atomic mass is 16.8. The van der Waals surface area contributed by atoms with Gasteiger partial charge in [0.15, 0.2) is 18.9 Å². The zero-order valence-corrected chi connectivity index (χ0v) is 21.8. The van der Waals surface area contributed by atoms with Crippen molar-refractivity contribution in [1.82, 2.24) is 0 Å². The zero-order valence-electron chi connectivity index (χ0n) is 21.8. The number of hydrogen-bond donors (Lipinski definition) is 10. The van der Waals surface area contributed by atoms with Crippen molar-refractivity contribution in [3.8, 4) is 0 Å². The summed E-state index contributed by atoms with van der Waals surface area (Å²) in [5.41, 5.74) is 0.764. The summed E-state index contributed by atoms with van der Waals surface area (Å²) < 4.78 is 33.1. The molecule has 10 N–H and O–H groups in total. The maximum Gasteiger partial charge on any atom is 0.187 e. The Hall–Kier alpha value is -1.42. The van der Waals surface area contributed by atoms with E-state index in [4.69, 9.17) is 28.4 Å². The second-order valence-electron chi connectivity index (χ2n) is 10.1. The quantitative estimate of drug-likeness (QED) is 0.121. The van der Waals surface area contributed by atoms with Gasteiger partial charge in [-0.3, -0.25) is 0 Å². The van der Waals surface area contributed by atoms with Crippen molar-refractivity contribution >= 4 is 0 Å². The van der Waals surface area contributed by atoms with E-state index in [1.54, 1.807) is 24.3 Å². The molecule has 0 radical (unpaired) electrons. The minimum absolute atomic E-state index is 0.0314. The Bertz CT molecular complexity index is 920. The molecule has 41 heavy (non-hydrogen) atoms. The summed E-state index contributed by atoms with van der Waals surface area (Å²) in [4.78, 5) is 0. The lowest BCUT2D eigenvalue weighted by molar-refractivity contribution is -0.379. The summed E-state index contributed by atoms with van der Waals surface area (Å²) in [6.07, 6.45) is -24.2. The monoisotopic (exact) mass is 594 g/mol. The normalized spacial score (nSPS) is 45.5. The average molecular weight is 595 g/mol. The maximum atomic E-state index is 10.8. The first-order valence-corrected chi connectivity index (χ1v) is 13.1. The van der Waals surface area contributed by atoms with E-state index < -0.39 is 112 Å². The Morgan fingerprint density at radius 1 is 0.512 bits per heavy atom. The lowest BCUT2D eigenvalue weighted by Gasteiger charge is -2.48. The van der Waals surface area contributed by atoms with Crippen molar-refractivity contribution in [3.63, 3.8) is 0 Å². The van der Waals surface area contributed by atoms with E-state index in [0.717, 1.165) is 5.56 Å². The van der Waals surface area contributed by atoms with Crippen LogP contribution in [0.4, 0.5) is 0 Å². The summed E-state index contributed by atoms with van der Waals surface area (Å²) >= 11 is 0. The average Bonchev–Trinajstić information content (AvgIpc) is 2.99. The lowest BCUT2D eigenvalue weighted by atomic mass is 9.96. The van der Waals surface area contributed by atoms with Gasteiger partial charge in [0, 0.05) is 0 Å². The molecule has 6 unspecified atom stereocenters. The first kappa shape index (κ1) is 32.5. The van der Waals surface area contributed by atoms with Crippen molar-refractivity contribution in [2.24, 2.45) is 0 Å². The fraction of sp³-hybridized carbons (Fsp3) is 0.760. The first-order chi connectivity index (χ1) is 19.6. The van der Waals surface area contributed by atoms with Gasteiger partial charge < -0.3 is 79.5 Å². The number of hydrogen-bond acceptors (Lipinski definition) is 16. The summed E-state index contributed by atoms with van der Waals surface area (Å²) in [5.74, 6) is 0. The minimum Gasteiger partial charge on any atom is -0.394 e. The van der Waals surface area contributed by atoms with Gasteiger partial charge in [0.1, 0.15) is 73.2 Å². The lowest BCUT2D eigenvalue weighted by Crippen LogP contribution is -2.66. The van der Waals surface area contributed by atoms with Gasteiger partial charge in [-0.05, 0) is 5.56 Å². The molecule has 3 heterocycles. The SMILES string of the molecule is OCC1O[C@@H](O[C@H]2C(CO)O[C@@H](O[C@H]3C(CO)O[C@@H](OCc4ccccc4)C(O)[C@H]3O)C(O)[C@H]2O)C(O)[C@@H](O)[C@H]1O. The highest BCUT2D eigenvalue weighted by molar-refractivity contribution is 5.13. The van der Waals surface area contributed by atoms with Crippen LogP contribution in [0.5, 0.6) is 0 Å². The first-order valence-electron chi connectivity index (χ1n) is 13.1. The van der Waals surface area contributed by atoms with E-state index >= 15 is 0 Å². The van der Waals surface area contributed by atoms with E-state index in [1.165, 1.54) is 0 Å². The van der Waals surface area contributed by atoms with Crippen LogP contribution < -0.4 is 0 Å². The molecule has 0 aliphatic carbocycles. The molecule has 0 spiro atoms. The van der Waals surface area contributed by atoms with E-state index in [0.29, 0.717) is 0 Å². The molecule has 3 aliphatic rings. The van der Waals surface area contributed by atoms with Crippen LogP contribution in [0.1, 0.15) is 5.56 Å². The zero-order chi connectivity index (χ0) is 29.8. The molecule has 0 aromatic heterocycles. The molecule has 0 bridgehead atoms. The molecule has 3 saturated heterocycles. The van der Waals surface area contributed by atoms with Crippen LogP contribution in [0.2, 0.25) is 0 Å². The van der Waals surface area contributed by atoms with Crippen molar-refractivity contribution in [2.75, 3.05) is 19.8 Å². The molecular formula is C25H38O16. The molecule has 1 aromatic carbocycles. The highest BCUT2D eigenvalue weighted by Gasteiger charge is 2.53. The van der Waals surface area contributed by atoms with Crippen LogP contribution in [-0.4, -0.2) is 163 Å². The summed E-state index contributed by atoms with van der Waals surface area (Å²) in [5, 5.41) is 102. The molecule has 4 rings (SSSR count). The van der Waals surface area contributed by atoms with Gasteiger partial charge in [0.2, 0.25) is 0 Å². The van der Waals surface area contributed by atoms with Gasteiger partial charge >= 0.3 is 0 Å². The molecule has 0 amide bonds. The molecule has 3 fully saturated rings. The van der Waals surface area contributed by atoms with Gasteiger partial charge in [0.25, 0.3) is 0 Å². The number of rotatable bonds is 10. The molecule has 0 saturated carbocycles. The minimum atomic E-state index is -1.90. The maximum absolute atomic E-state index is 10.8. The van der Waals surface area contributed by atoms with Gasteiger partial charge in [0.05, 0.1) is 26.4 Å². The predicted molar refractivity (Wildman–Crippen MR) is 130 cm³/mol. The summed E-state index contributed by atoms with van der Waals surface area (Å²) in [6.45, 7) is -2.21.